The zero-order valence-electron chi connectivity index (χ0n) is 17.5. The molecule has 5 aliphatic rings. The van der Waals surface area contributed by atoms with E-state index in [1.54, 1.807) is 31.3 Å². The van der Waals surface area contributed by atoms with E-state index in [0.29, 0.717) is 22.4 Å². The number of carbonyl (C=O) groups excluding carboxylic acids is 5. The topological polar surface area (TPSA) is 116 Å². The molecule has 0 aliphatic carbocycles. The molecule has 0 spiro atoms. The number of hydrogen-bond donors (Lipinski definition) is 2. The van der Waals surface area contributed by atoms with E-state index in [0.717, 1.165) is 0 Å². The van der Waals surface area contributed by atoms with E-state index in [2.05, 4.69) is 10.6 Å². The maximum absolute atomic E-state index is 13.6. The van der Waals surface area contributed by atoms with Gasteiger partial charge in [0.15, 0.2) is 5.66 Å². The number of carbonyl (C=O) groups is 5. The molecule has 1 unspecified atom stereocenters. The van der Waals surface area contributed by atoms with E-state index in [-0.39, 0.29) is 12.3 Å². The van der Waals surface area contributed by atoms with Gasteiger partial charge in [0.25, 0.3) is 5.91 Å². The highest BCUT2D eigenvalue weighted by Gasteiger charge is 2.84. The van der Waals surface area contributed by atoms with Crippen LogP contribution in [0.3, 0.4) is 0 Å². The maximum atomic E-state index is 13.6. The van der Waals surface area contributed by atoms with Gasteiger partial charge >= 0.3 is 0 Å². The number of anilines is 1. The number of imide groups is 2. The minimum atomic E-state index is -1.31. The third kappa shape index (κ3) is 1.68. The van der Waals surface area contributed by atoms with E-state index in [9.17, 15) is 24.0 Å². The Hall–Kier alpha value is -4.01. The summed E-state index contributed by atoms with van der Waals surface area (Å²) in [6.07, 6.45) is -0.107. The van der Waals surface area contributed by atoms with Crippen LogP contribution in [0.1, 0.15) is 27.9 Å². The predicted octanol–water partition coefficient (Wildman–Crippen LogP) is 0.206. The fourth-order valence-corrected chi connectivity index (χ4v) is 7.31. The van der Waals surface area contributed by atoms with Gasteiger partial charge in [-0.15, -0.1) is 0 Å². The number of rotatable bonds is 1. The first-order valence-corrected chi connectivity index (χ1v) is 10.8. The van der Waals surface area contributed by atoms with E-state index in [4.69, 9.17) is 0 Å². The lowest BCUT2D eigenvalue weighted by Gasteiger charge is -2.52. The van der Waals surface area contributed by atoms with Gasteiger partial charge in [0, 0.05) is 19.0 Å². The molecular weight excluding hydrogens is 424 g/mol. The number of fused-ring (bicyclic) bond motifs is 5. The largest absolute Gasteiger partial charge is 0.332 e. The highest BCUT2D eigenvalue weighted by atomic mass is 16.2. The molecular formula is C24H18N4O5. The van der Waals surface area contributed by atoms with Gasteiger partial charge in [-0.3, -0.25) is 34.6 Å². The molecule has 5 amide bonds. The van der Waals surface area contributed by atoms with Gasteiger partial charge in [-0.25, -0.2) is 0 Å². The summed E-state index contributed by atoms with van der Waals surface area (Å²) in [7, 11) is 1.64. The molecule has 0 saturated carbocycles. The Bertz CT molecular complexity index is 1370. The lowest BCUT2D eigenvalue weighted by Crippen LogP contribution is -2.64. The van der Waals surface area contributed by atoms with Crippen molar-refractivity contribution in [2.75, 3.05) is 11.9 Å². The van der Waals surface area contributed by atoms with Gasteiger partial charge in [-0.1, -0.05) is 36.4 Å². The van der Waals surface area contributed by atoms with Crippen molar-refractivity contribution >= 4 is 35.2 Å². The van der Waals surface area contributed by atoms with Crippen LogP contribution in [-0.2, 0) is 30.4 Å². The smallest absolute Gasteiger partial charge is 0.257 e. The molecule has 164 valence electrons. The van der Waals surface area contributed by atoms with Crippen LogP contribution in [0.4, 0.5) is 5.69 Å². The first-order valence-electron chi connectivity index (χ1n) is 10.8. The molecule has 33 heavy (non-hydrogen) atoms. The Morgan fingerprint density at radius 2 is 1.48 bits per heavy atom. The van der Waals surface area contributed by atoms with Crippen molar-refractivity contribution in [2.45, 2.75) is 17.6 Å². The number of para-hydroxylation sites is 1. The highest BCUT2D eigenvalue weighted by Crippen LogP contribution is 2.73. The molecule has 2 aromatic rings. The fraction of sp³-hybridized carbons (Fsp3) is 0.292. The Labute approximate surface area is 187 Å². The van der Waals surface area contributed by atoms with Crippen molar-refractivity contribution < 1.29 is 24.0 Å². The van der Waals surface area contributed by atoms with Crippen molar-refractivity contribution in [3.63, 3.8) is 0 Å². The number of hydrogen-bond acceptors (Lipinski definition) is 6. The standard InChI is InChI=1S/C24H18N4O5/c1-27-22(33)11-6-2-5-9-15(11)28-23(14-10-16(29)25-19(14)30)12-7-3-4-8-13(12)24(27,28)18-17(23)20(31)26-21(18)32/h2-9,14,17-18H,10H2,1H3,(H,25,29,30)(H,26,31,32)/t14?,17-,18+,23-,24-/m1/s1. The molecule has 2 N–H and O–H groups in total. The molecule has 9 nitrogen and oxygen atoms in total. The van der Waals surface area contributed by atoms with Gasteiger partial charge in [-0.2, -0.15) is 0 Å². The zero-order chi connectivity index (χ0) is 22.9. The van der Waals surface area contributed by atoms with Crippen molar-refractivity contribution in [3.8, 4) is 0 Å². The number of benzene rings is 2. The molecule has 0 aromatic heterocycles. The van der Waals surface area contributed by atoms with Crippen LogP contribution in [0.15, 0.2) is 48.5 Å². The maximum Gasteiger partial charge on any atom is 0.257 e. The van der Waals surface area contributed by atoms with Crippen LogP contribution in [0.2, 0.25) is 0 Å². The molecule has 7 rings (SSSR count). The number of nitrogens with one attached hydrogen (secondary N) is 2. The monoisotopic (exact) mass is 442 g/mol. The fourth-order valence-electron chi connectivity index (χ4n) is 7.31. The summed E-state index contributed by atoms with van der Waals surface area (Å²) >= 11 is 0. The average Bonchev–Trinajstić information content (AvgIpc) is 3.48. The van der Waals surface area contributed by atoms with Gasteiger partial charge in [0.1, 0.15) is 0 Å². The summed E-state index contributed by atoms with van der Waals surface area (Å²) in [4.78, 5) is 69.4. The predicted molar refractivity (Wildman–Crippen MR) is 112 cm³/mol. The molecule has 3 saturated heterocycles. The average molecular weight is 442 g/mol. The minimum Gasteiger partial charge on any atom is -0.332 e. The van der Waals surface area contributed by atoms with Crippen LogP contribution in [0, 0.1) is 17.8 Å². The van der Waals surface area contributed by atoms with Crippen LogP contribution >= 0.6 is 0 Å². The Kier molecular flexibility index (Phi) is 3.08. The molecule has 2 bridgehead atoms. The van der Waals surface area contributed by atoms with Crippen molar-refractivity contribution in [3.05, 3.63) is 65.2 Å². The summed E-state index contributed by atoms with van der Waals surface area (Å²) in [6, 6.07) is 14.4. The molecule has 5 heterocycles. The van der Waals surface area contributed by atoms with Gasteiger partial charge < -0.3 is 9.80 Å². The van der Waals surface area contributed by atoms with Crippen LogP contribution in [0.25, 0.3) is 0 Å². The lowest BCUT2D eigenvalue weighted by atomic mass is 9.62. The van der Waals surface area contributed by atoms with E-state index >= 15 is 0 Å². The zero-order valence-corrected chi connectivity index (χ0v) is 17.5. The third-order valence-electron chi connectivity index (χ3n) is 8.21. The van der Waals surface area contributed by atoms with Gasteiger partial charge in [0.05, 0.1) is 34.5 Å². The van der Waals surface area contributed by atoms with Gasteiger partial charge in [-0.05, 0) is 17.7 Å². The first kappa shape index (κ1) is 18.6. The summed E-state index contributed by atoms with van der Waals surface area (Å²) in [5, 5.41) is 4.85. The summed E-state index contributed by atoms with van der Waals surface area (Å²) in [5.41, 5.74) is -0.228. The van der Waals surface area contributed by atoms with Crippen molar-refractivity contribution in [2.24, 2.45) is 17.8 Å². The van der Waals surface area contributed by atoms with E-state index < -0.39 is 52.6 Å². The molecule has 0 radical (unpaired) electrons. The second kappa shape index (κ2) is 5.48. The van der Waals surface area contributed by atoms with Crippen molar-refractivity contribution in [1.29, 1.82) is 0 Å². The lowest BCUT2D eigenvalue weighted by molar-refractivity contribution is -0.129. The third-order valence-corrected chi connectivity index (χ3v) is 8.21. The highest BCUT2D eigenvalue weighted by molar-refractivity contribution is 6.14. The van der Waals surface area contributed by atoms with E-state index in [1.165, 1.54) is 4.90 Å². The summed E-state index contributed by atoms with van der Waals surface area (Å²) in [5.74, 6) is -4.91. The Balaban J connectivity index is 1.68. The van der Waals surface area contributed by atoms with Crippen LogP contribution < -0.4 is 15.5 Å². The summed E-state index contributed by atoms with van der Waals surface area (Å²) < 4.78 is 0. The number of amides is 5. The van der Waals surface area contributed by atoms with Crippen LogP contribution in [-0.4, -0.2) is 41.5 Å². The first-order chi connectivity index (χ1) is 15.9. The summed E-state index contributed by atoms with van der Waals surface area (Å²) in [6.45, 7) is 0. The molecule has 5 aliphatic heterocycles. The Morgan fingerprint density at radius 3 is 2.21 bits per heavy atom. The Morgan fingerprint density at radius 1 is 0.818 bits per heavy atom. The number of nitrogens with zero attached hydrogens (tertiary/aromatic N) is 2. The van der Waals surface area contributed by atoms with Gasteiger partial charge in [0.2, 0.25) is 23.6 Å². The molecule has 5 atom stereocenters. The minimum absolute atomic E-state index is 0.107. The molecule has 2 aromatic carbocycles. The molecule has 9 heteroatoms. The van der Waals surface area contributed by atoms with Crippen LogP contribution in [0.5, 0.6) is 0 Å². The second-order valence-corrected chi connectivity index (χ2v) is 9.29. The molecule has 3 fully saturated rings. The normalized spacial score (nSPS) is 35.3. The second-order valence-electron chi connectivity index (χ2n) is 9.29. The van der Waals surface area contributed by atoms with Crippen molar-refractivity contribution in [1.82, 2.24) is 15.5 Å². The quantitative estimate of drug-likeness (QED) is 0.610. The van der Waals surface area contributed by atoms with E-state index in [1.807, 2.05) is 29.2 Å². The SMILES string of the molecule is CN1C(=O)c2ccccc2N2[C@@]13c1ccccc1[C@@]2(C1CC(=O)NC1=O)[C@H]1C(=O)NC(=O)[C@H]13.